The Morgan fingerprint density at radius 3 is 3.00 bits per heavy atom. The van der Waals surface area contributed by atoms with Crippen molar-refractivity contribution in [3.05, 3.63) is 45.8 Å². The Hall–Kier alpha value is -2.05. The number of carbonyl (C=O) groups excluding carboxylic acids is 1. The third-order valence-corrected chi connectivity index (χ3v) is 5.83. The Labute approximate surface area is 145 Å². The van der Waals surface area contributed by atoms with Gasteiger partial charge in [0.25, 0.3) is 5.91 Å². The van der Waals surface area contributed by atoms with Crippen molar-refractivity contribution < 1.29 is 14.4 Å². The predicted molar refractivity (Wildman–Crippen MR) is 94.9 cm³/mol. The molecule has 3 N–H and O–H groups in total. The Morgan fingerprint density at radius 1 is 1.33 bits per heavy atom. The van der Waals surface area contributed by atoms with E-state index in [0.29, 0.717) is 6.61 Å². The van der Waals surface area contributed by atoms with E-state index in [1.807, 2.05) is 31.2 Å². The Balaban J connectivity index is 1.69. The molecule has 5 nitrogen and oxygen atoms in total. The van der Waals surface area contributed by atoms with Crippen LogP contribution in [0.5, 0.6) is 5.75 Å². The van der Waals surface area contributed by atoms with Gasteiger partial charge in [-0.2, -0.15) is 0 Å². The summed E-state index contributed by atoms with van der Waals surface area (Å²) in [7, 11) is 2.20. The third-order valence-electron chi connectivity index (χ3n) is 4.66. The third kappa shape index (κ3) is 2.56. The van der Waals surface area contributed by atoms with Crippen molar-refractivity contribution in [2.24, 2.45) is 0 Å². The molecule has 0 aliphatic carbocycles. The number of benzene rings is 1. The van der Waals surface area contributed by atoms with Gasteiger partial charge in [0.2, 0.25) is 0 Å². The van der Waals surface area contributed by atoms with Gasteiger partial charge >= 0.3 is 0 Å². The summed E-state index contributed by atoms with van der Waals surface area (Å²) in [5.74, 6) is 0.837. The van der Waals surface area contributed by atoms with Crippen LogP contribution in [-0.2, 0) is 13.0 Å². The molecule has 1 aromatic heterocycles. The first-order valence-electron chi connectivity index (χ1n) is 8.42. The largest absolute Gasteiger partial charge is 0.493 e. The fraction of sp³-hybridized carbons (Fsp3) is 0.389. The molecular weight excluding hydrogens is 322 g/mol. The maximum Gasteiger partial charge on any atom is 0.256 e. The van der Waals surface area contributed by atoms with Gasteiger partial charge in [-0.3, -0.25) is 4.79 Å². The number of amides is 1. The highest BCUT2D eigenvalue weighted by Crippen LogP contribution is 2.40. The molecule has 3 heterocycles. The number of fused-ring (bicyclic) bond motifs is 3. The van der Waals surface area contributed by atoms with Crippen molar-refractivity contribution in [2.75, 3.05) is 25.5 Å². The van der Waals surface area contributed by atoms with E-state index >= 15 is 0 Å². The van der Waals surface area contributed by atoms with E-state index in [1.54, 1.807) is 11.3 Å². The number of anilines is 1. The lowest BCUT2D eigenvalue weighted by atomic mass is 10.0. The van der Waals surface area contributed by atoms with Gasteiger partial charge < -0.3 is 20.3 Å². The van der Waals surface area contributed by atoms with Gasteiger partial charge in [-0.05, 0) is 18.6 Å². The van der Waals surface area contributed by atoms with E-state index in [-0.39, 0.29) is 12.1 Å². The smallest absolute Gasteiger partial charge is 0.256 e. The first-order valence-corrected chi connectivity index (χ1v) is 9.24. The Bertz CT molecular complexity index is 787. The van der Waals surface area contributed by atoms with Crippen molar-refractivity contribution in [3.63, 3.8) is 0 Å². The molecule has 0 spiro atoms. The fourth-order valence-electron chi connectivity index (χ4n) is 3.49. The van der Waals surface area contributed by atoms with Gasteiger partial charge in [-0.25, -0.2) is 0 Å². The number of hydrogen-bond donors (Lipinski definition) is 3. The predicted octanol–water partition coefficient (Wildman–Crippen LogP) is 1.57. The van der Waals surface area contributed by atoms with Crippen LogP contribution in [0.15, 0.2) is 24.3 Å². The summed E-state index contributed by atoms with van der Waals surface area (Å²) in [6.07, 6.45) is 0.723. The SMILES string of the molecule is CCOc1ccccc1[C@@H]1NC(=O)c2c(sc3c2CC[NH+](C)C3)N1. The first kappa shape index (κ1) is 15.5. The molecule has 4 rings (SSSR count). The highest BCUT2D eigenvalue weighted by atomic mass is 32.1. The summed E-state index contributed by atoms with van der Waals surface area (Å²) >= 11 is 1.73. The molecule has 2 atom stereocenters. The lowest BCUT2D eigenvalue weighted by molar-refractivity contribution is -0.895. The lowest BCUT2D eigenvalue weighted by Crippen LogP contribution is -3.08. The number of hydrogen-bond acceptors (Lipinski definition) is 4. The van der Waals surface area contributed by atoms with Crippen LogP contribution in [0.25, 0.3) is 0 Å². The minimum atomic E-state index is -0.252. The number of rotatable bonds is 3. The summed E-state index contributed by atoms with van der Waals surface area (Å²) in [6.45, 7) is 4.65. The maximum absolute atomic E-state index is 12.8. The van der Waals surface area contributed by atoms with Crippen LogP contribution < -0.4 is 20.3 Å². The summed E-state index contributed by atoms with van der Waals surface area (Å²) < 4.78 is 5.72. The number of para-hydroxylation sites is 1. The summed E-state index contributed by atoms with van der Waals surface area (Å²) in [6, 6.07) is 7.87. The average Bonchev–Trinajstić information content (AvgIpc) is 2.93. The van der Waals surface area contributed by atoms with Crippen LogP contribution in [0, 0.1) is 0 Å². The van der Waals surface area contributed by atoms with Gasteiger partial charge in [0.15, 0.2) is 0 Å². The Morgan fingerprint density at radius 2 is 2.17 bits per heavy atom. The lowest BCUT2D eigenvalue weighted by Gasteiger charge is -2.28. The zero-order valence-electron chi connectivity index (χ0n) is 13.9. The van der Waals surface area contributed by atoms with Gasteiger partial charge in [-0.1, -0.05) is 18.2 Å². The topological polar surface area (TPSA) is 54.8 Å². The van der Waals surface area contributed by atoms with Crippen molar-refractivity contribution >= 4 is 22.2 Å². The number of nitrogens with one attached hydrogen (secondary N) is 3. The summed E-state index contributed by atoms with van der Waals surface area (Å²) in [5, 5.41) is 7.61. The molecule has 126 valence electrons. The molecule has 24 heavy (non-hydrogen) atoms. The van der Waals surface area contributed by atoms with Crippen LogP contribution in [0.1, 0.15) is 39.5 Å². The van der Waals surface area contributed by atoms with Gasteiger partial charge in [0.1, 0.15) is 23.5 Å². The quantitative estimate of drug-likeness (QED) is 0.792. The Kier molecular flexibility index (Phi) is 3.94. The number of likely N-dealkylation sites (N-methyl/N-ethyl adjacent to an activating group) is 1. The van der Waals surface area contributed by atoms with Crippen molar-refractivity contribution in [1.29, 1.82) is 0 Å². The standard InChI is InChI=1S/C18H21N3O2S/c1-3-23-13-7-5-4-6-11(13)16-19-17(22)15-12-8-9-21(2)10-14(12)24-18(15)20-16/h4-7,16,20H,3,8-10H2,1-2H3,(H,19,22)/p+1/t16-/m1/s1. The molecule has 1 unspecified atom stereocenters. The zero-order valence-corrected chi connectivity index (χ0v) is 14.8. The zero-order chi connectivity index (χ0) is 16.7. The van der Waals surface area contributed by atoms with Crippen LogP contribution >= 0.6 is 11.3 Å². The number of ether oxygens (including phenoxy) is 1. The molecule has 0 saturated carbocycles. The van der Waals surface area contributed by atoms with Crippen molar-refractivity contribution in [1.82, 2.24) is 5.32 Å². The van der Waals surface area contributed by atoms with E-state index in [2.05, 4.69) is 17.7 Å². The molecular formula is C18H22N3O2S+. The molecule has 2 aliphatic rings. The van der Waals surface area contributed by atoms with E-state index in [9.17, 15) is 4.79 Å². The number of carbonyl (C=O) groups is 1. The second-order valence-electron chi connectivity index (χ2n) is 6.36. The molecule has 1 amide bonds. The molecule has 0 bridgehead atoms. The van der Waals surface area contributed by atoms with Gasteiger partial charge in [0, 0.05) is 12.0 Å². The highest BCUT2D eigenvalue weighted by molar-refractivity contribution is 7.16. The van der Waals surface area contributed by atoms with Crippen molar-refractivity contribution in [3.8, 4) is 5.75 Å². The molecule has 0 fully saturated rings. The molecule has 6 heteroatoms. The van der Waals surface area contributed by atoms with Gasteiger partial charge in [0.05, 0.1) is 30.6 Å². The molecule has 2 aliphatic heterocycles. The fourth-order valence-corrected chi connectivity index (χ4v) is 4.88. The molecule has 2 aromatic rings. The second-order valence-corrected chi connectivity index (χ2v) is 7.47. The molecule has 0 radical (unpaired) electrons. The molecule has 1 aromatic carbocycles. The van der Waals surface area contributed by atoms with Crippen LogP contribution in [0.2, 0.25) is 0 Å². The number of quaternary nitrogens is 1. The monoisotopic (exact) mass is 344 g/mol. The van der Waals surface area contributed by atoms with E-state index < -0.39 is 0 Å². The van der Waals surface area contributed by atoms with E-state index in [0.717, 1.165) is 41.4 Å². The summed E-state index contributed by atoms with van der Waals surface area (Å²) in [4.78, 5) is 15.6. The van der Waals surface area contributed by atoms with Crippen LogP contribution in [0.3, 0.4) is 0 Å². The van der Waals surface area contributed by atoms with Crippen molar-refractivity contribution in [2.45, 2.75) is 26.1 Å². The van der Waals surface area contributed by atoms with Crippen LogP contribution in [0.4, 0.5) is 5.00 Å². The van der Waals surface area contributed by atoms with E-state index in [1.165, 1.54) is 15.3 Å². The van der Waals surface area contributed by atoms with Gasteiger partial charge in [-0.15, -0.1) is 11.3 Å². The maximum atomic E-state index is 12.8. The van der Waals surface area contributed by atoms with Crippen LogP contribution in [-0.4, -0.2) is 26.1 Å². The first-order chi connectivity index (χ1) is 11.7. The van der Waals surface area contributed by atoms with E-state index in [4.69, 9.17) is 4.74 Å². The minimum Gasteiger partial charge on any atom is -0.493 e. The number of thiophene rings is 1. The minimum absolute atomic E-state index is 0.0251. The summed E-state index contributed by atoms with van der Waals surface area (Å²) in [5.41, 5.74) is 3.06. The highest BCUT2D eigenvalue weighted by Gasteiger charge is 2.34. The normalized spacial score (nSPS) is 22.2. The second kappa shape index (κ2) is 6.11. The molecule has 0 saturated heterocycles. The average molecular weight is 344 g/mol.